The lowest BCUT2D eigenvalue weighted by molar-refractivity contribution is -0.118. The molecule has 3 rings (SSSR count). The van der Waals surface area contributed by atoms with E-state index in [1.807, 2.05) is 48.5 Å². The molecule has 0 saturated carbocycles. The molecule has 1 amide bonds. The highest BCUT2D eigenvalue weighted by atomic mass is 16.6. The molecule has 24 heavy (non-hydrogen) atoms. The summed E-state index contributed by atoms with van der Waals surface area (Å²) in [6, 6.07) is 15.2. The molecule has 5 heteroatoms. The Kier molecular flexibility index (Phi) is 5.21. The molecule has 1 aliphatic heterocycles. The van der Waals surface area contributed by atoms with Crippen molar-refractivity contribution in [2.24, 2.45) is 0 Å². The Balaban J connectivity index is 1.49. The Bertz CT molecular complexity index is 687. The lowest BCUT2D eigenvalue weighted by Gasteiger charge is -2.22. The number of carbonyl (C=O) groups is 1. The summed E-state index contributed by atoms with van der Waals surface area (Å²) in [7, 11) is 1.77. The molecule has 0 atom stereocenters. The molecule has 2 aromatic carbocycles. The smallest absolute Gasteiger partial charge is 0.226 e. The molecular formula is C19H21NO4. The number of benzene rings is 2. The second-order valence-electron chi connectivity index (χ2n) is 5.55. The first-order valence-corrected chi connectivity index (χ1v) is 8.08. The topological polar surface area (TPSA) is 48.0 Å². The van der Waals surface area contributed by atoms with E-state index in [0.717, 1.165) is 17.2 Å². The highest BCUT2D eigenvalue weighted by Crippen LogP contribution is 2.33. The van der Waals surface area contributed by atoms with E-state index in [1.165, 1.54) is 0 Å². The van der Waals surface area contributed by atoms with E-state index in [9.17, 15) is 4.79 Å². The Morgan fingerprint density at radius 3 is 2.62 bits per heavy atom. The molecule has 126 valence electrons. The number of amides is 1. The van der Waals surface area contributed by atoms with Gasteiger partial charge >= 0.3 is 0 Å². The predicted octanol–water partition coefficient (Wildman–Crippen LogP) is 3.28. The lowest BCUT2D eigenvalue weighted by Crippen LogP contribution is -2.26. The number of hydrogen-bond acceptors (Lipinski definition) is 4. The fourth-order valence-electron chi connectivity index (χ4n) is 2.48. The van der Waals surface area contributed by atoms with E-state index in [-0.39, 0.29) is 5.91 Å². The number of fused-ring (bicyclic) bond motifs is 1. The van der Waals surface area contributed by atoms with Gasteiger partial charge in [0.15, 0.2) is 11.5 Å². The molecule has 0 bridgehead atoms. The molecule has 0 N–H and O–H groups in total. The number of ether oxygens (including phenoxy) is 3. The number of rotatable bonds is 6. The van der Waals surface area contributed by atoms with Crippen LogP contribution in [0.2, 0.25) is 0 Å². The highest BCUT2D eigenvalue weighted by molar-refractivity contribution is 5.93. The van der Waals surface area contributed by atoms with Crippen LogP contribution in [-0.2, 0) is 4.79 Å². The minimum atomic E-state index is 0.0448. The van der Waals surface area contributed by atoms with Crippen molar-refractivity contribution >= 4 is 11.6 Å². The molecule has 5 nitrogen and oxygen atoms in total. The summed E-state index contributed by atoms with van der Waals surface area (Å²) in [4.78, 5) is 14.0. The van der Waals surface area contributed by atoms with E-state index in [2.05, 4.69) is 0 Å². The van der Waals surface area contributed by atoms with Crippen LogP contribution in [-0.4, -0.2) is 32.8 Å². The van der Waals surface area contributed by atoms with E-state index in [0.29, 0.717) is 38.4 Å². The fraction of sp³-hybridized carbons (Fsp3) is 0.316. The van der Waals surface area contributed by atoms with Gasteiger partial charge in [-0.2, -0.15) is 0 Å². The zero-order valence-corrected chi connectivity index (χ0v) is 13.7. The number of anilines is 1. The summed E-state index contributed by atoms with van der Waals surface area (Å²) in [6.07, 6.45) is 1.10. The molecule has 0 radical (unpaired) electrons. The quantitative estimate of drug-likeness (QED) is 0.764. The van der Waals surface area contributed by atoms with Gasteiger partial charge in [0.25, 0.3) is 0 Å². The molecule has 0 spiro atoms. The third kappa shape index (κ3) is 3.98. The molecule has 0 fully saturated rings. The van der Waals surface area contributed by atoms with E-state index in [4.69, 9.17) is 14.2 Å². The molecule has 1 aliphatic rings. The maximum atomic E-state index is 12.3. The van der Waals surface area contributed by atoms with Crippen LogP contribution in [0.1, 0.15) is 12.8 Å². The van der Waals surface area contributed by atoms with E-state index >= 15 is 0 Å². The van der Waals surface area contributed by atoms with Crippen molar-refractivity contribution in [3.05, 3.63) is 48.5 Å². The van der Waals surface area contributed by atoms with Crippen molar-refractivity contribution in [2.75, 3.05) is 31.8 Å². The van der Waals surface area contributed by atoms with Crippen LogP contribution in [0.4, 0.5) is 5.69 Å². The first kappa shape index (κ1) is 16.2. The largest absolute Gasteiger partial charge is 0.494 e. The van der Waals surface area contributed by atoms with Gasteiger partial charge in [-0.25, -0.2) is 0 Å². The lowest BCUT2D eigenvalue weighted by atomic mass is 10.2. The van der Waals surface area contributed by atoms with Crippen molar-refractivity contribution in [3.8, 4) is 17.2 Å². The molecular weight excluding hydrogens is 306 g/mol. The van der Waals surface area contributed by atoms with Crippen LogP contribution < -0.4 is 19.1 Å². The van der Waals surface area contributed by atoms with Gasteiger partial charge in [0.2, 0.25) is 5.91 Å². The third-order valence-corrected chi connectivity index (χ3v) is 3.83. The number of carbonyl (C=O) groups excluding carboxylic acids is 1. The summed E-state index contributed by atoms with van der Waals surface area (Å²) in [5.74, 6) is 2.28. The van der Waals surface area contributed by atoms with Crippen molar-refractivity contribution in [1.29, 1.82) is 0 Å². The van der Waals surface area contributed by atoms with E-state index < -0.39 is 0 Å². The van der Waals surface area contributed by atoms with Gasteiger partial charge in [0.05, 0.1) is 6.61 Å². The third-order valence-electron chi connectivity index (χ3n) is 3.83. The molecule has 0 aromatic heterocycles. The first-order chi connectivity index (χ1) is 11.7. The molecule has 1 heterocycles. The predicted molar refractivity (Wildman–Crippen MR) is 92.0 cm³/mol. The van der Waals surface area contributed by atoms with Crippen molar-refractivity contribution in [1.82, 2.24) is 0 Å². The van der Waals surface area contributed by atoms with Gasteiger partial charge in [-0.15, -0.1) is 0 Å². The van der Waals surface area contributed by atoms with Crippen molar-refractivity contribution < 1.29 is 19.0 Å². The Morgan fingerprint density at radius 1 is 1.08 bits per heavy atom. The minimum Gasteiger partial charge on any atom is -0.494 e. The summed E-state index contributed by atoms with van der Waals surface area (Å²) < 4.78 is 16.7. The molecule has 0 unspecified atom stereocenters. The average Bonchev–Trinajstić information content (AvgIpc) is 2.65. The van der Waals surface area contributed by atoms with Crippen LogP contribution in [0.25, 0.3) is 0 Å². The van der Waals surface area contributed by atoms with Gasteiger partial charge in [0, 0.05) is 25.2 Å². The number of para-hydroxylation sites is 1. The number of nitrogens with zero attached hydrogens (tertiary/aromatic N) is 1. The molecule has 0 saturated heterocycles. The van der Waals surface area contributed by atoms with Gasteiger partial charge in [-0.1, -0.05) is 18.2 Å². The highest BCUT2D eigenvalue weighted by Gasteiger charge is 2.16. The van der Waals surface area contributed by atoms with Crippen LogP contribution in [0.5, 0.6) is 17.2 Å². The second kappa shape index (κ2) is 7.73. The van der Waals surface area contributed by atoms with Gasteiger partial charge in [-0.3, -0.25) is 4.79 Å². The Morgan fingerprint density at radius 2 is 1.83 bits per heavy atom. The zero-order chi connectivity index (χ0) is 16.8. The molecule has 0 aliphatic carbocycles. The monoisotopic (exact) mass is 327 g/mol. The van der Waals surface area contributed by atoms with Gasteiger partial charge in [0.1, 0.15) is 19.0 Å². The zero-order valence-electron chi connectivity index (χ0n) is 13.7. The standard InChI is InChI=1S/C19H21NO4/c1-20(15-9-10-17-18(14-15)24-13-12-23-17)19(21)8-5-11-22-16-6-3-2-4-7-16/h2-4,6-7,9-10,14H,5,8,11-13H2,1H3. The van der Waals surface area contributed by atoms with Crippen LogP contribution in [0, 0.1) is 0 Å². The minimum absolute atomic E-state index is 0.0448. The average molecular weight is 327 g/mol. The fourth-order valence-corrected chi connectivity index (χ4v) is 2.48. The van der Waals surface area contributed by atoms with E-state index in [1.54, 1.807) is 11.9 Å². The van der Waals surface area contributed by atoms with Gasteiger partial charge in [-0.05, 0) is 30.7 Å². The Labute approximate surface area is 141 Å². The number of hydrogen-bond donors (Lipinski definition) is 0. The Hall–Kier alpha value is -2.69. The maximum Gasteiger partial charge on any atom is 0.226 e. The summed E-state index contributed by atoms with van der Waals surface area (Å²) in [5.41, 5.74) is 0.799. The second-order valence-corrected chi connectivity index (χ2v) is 5.55. The molecule has 2 aromatic rings. The van der Waals surface area contributed by atoms with Crippen LogP contribution >= 0.6 is 0 Å². The van der Waals surface area contributed by atoms with Gasteiger partial charge < -0.3 is 19.1 Å². The SMILES string of the molecule is CN(C(=O)CCCOc1ccccc1)c1ccc2c(c1)OCCO2. The summed E-state index contributed by atoms with van der Waals surface area (Å²) >= 11 is 0. The van der Waals surface area contributed by atoms with Crippen LogP contribution in [0.15, 0.2) is 48.5 Å². The first-order valence-electron chi connectivity index (χ1n) is 8.08. The summed E-state index contributed by atoms with van der Waals surface area (Å²) in [6.45, 7) is 1.61. The van der Waals surface area contributed by atoms with Crippen LogP contribution in [0.3, 0.4) is 0 Å². The normalized spacial score (nSPS) is 12.5. The van der Waals surface area contributed by atoms with Crippen molar-refractivity contribution in [3.63, 3.8) is 0 Å². The van der Waals surface area contributed by atoms with Crippen molar-refractivity contribution in [2.45, 2.75) is 12.8 Å². The summed E-state index contributed by atoms with van der Waals surface area (Å²) in [5, 5.41) is 0. The maximum absolute atomic E-state index is 12.3.